The molecule has 2 rings (SSSR count). The minimum absolute atomic E-state index is 0.229. The molecule has 0 atom stereocenters. The van der Waals surface area contributed by atoms with Gasteiger partial charge in [-0.05, 0) is 43.2 Å². The Morgan fingerprint density at radius 3 is 2.70 bits per heavy atom. The third kappa shape index (κ3) is 3.78. The van der Waals surface area contributed by atoms with Gasteiger partial charge in [-0.3, -0.25) is 4.79 Å². The van der Waals surface area contributed by atoms with Gasteiger partial charge in [0.05, 0.1) is 6.21 Å². The summed E-state index contributed by atoms with van der Waals surface area (Å²) in [5, 5.41) is 4.00. The van der Waals surface area contributed by atoms with Crippen molar-refractivity contribution in [3.8, 4) is 0 Å². The highest BCUT2D eigenvalue weighted by atomic mass is 79.9. The van der Waals surface area contributed by atoms with Crippen molar-refractivity contribution >= 4 is 28.1 Å². The maximum atomic E-state index is 11.9. The Balaban J connectivity index is 2.04. The number of hydrogen-bond acceptors (Lipinski definition) is 2. The smallest absolute Gasteiger partial charge is 0.267 e. The highest BCUT2D eigenvalue weighted by molar-refractivity contribution is 9.10. The van der Waals surface area contributed by atoms with Crippen LogP contribution in [-0.2, 0) is 0 Å². The van der Waals surface area contributed by atoms with Crippen molar-refractivity contribution in [3.63, 3.8) is 0 Å². The molecule has 2 aromatic carbocycles. The number of hydrogen-bond donors (Lipinski definition) is 1. The van der Waals surface area contributed by atoms with E-state index in [-0.39, 0.29) is 5.91 Å². The van der Waals surface area contributed by atoms with Gasteiger partial charge in [0, 0.05) is 10.0 Å². The molecule has 1 N–H and O–H groups in total. The lowest BCUT2D eigenvalue weighted by atomic mass is 10.1. The summed E-state index contributed by atoms with van der Waals surface area (Å²) in [6.45, 7) is 4.06. The molecule has 0 aliphatic carbocycles. The van der Waals surface area contributed by atoms with Crippen LogP contribution >= 0.6 is 15.9 Å². The van der Waals surface area contributed by atoms with E-state index >= 15 is 0 Å². The molecular weight excluding hydrogens is 316 g/mol. The molecule has 0 aromatic heterocycles. The topological polar surface area (TPSA) is 41.5 Å². The summed E-state index contributed by atoms with van der Waals surface area (Å²) >= 11 is 3.33. The fourth-order valence-corrected chi connectivity index (χ4v) is 2.22. The second-order valence-corrected chi connectivity index (χ2v) is 5.49. The van der Waals surface area contributed by atoms with Crippen molar-refractivity contribution in [1.29, 1.82) is 0 Å². The number of rotatable bonds is 3. The van der Waals surface area contributed by atoms with E-state index in [9.17, 15) is 4.79 Å². The average molecular weight is 331 g/mol. The molecule has 0 bridgehead atoms. The highest BCUT2D eigenvalue weighted by Gasteiger charge is 2.03. The van der Waals surface area contributed by atoms with Gasteiger partial charge in [0.1, 0.15) is 0 Å². The number of carbonyl (C=O) groups is 1. The maximum absolute atomic E-state index is 11.9. The third-order valence-corrected chi connectivity index (χ3v) is 3.38. The van der Waals surface area contributed by atoms with Gasteiger partial charge in [-0.25, -0.2) is 5.43 Å². The zero-order valence-corrected chi connectivity index (χ0v) is 12.9. The number of nitrogens with zero attached hydrogens (tertiary/aromatic N) is 1. The van der Waals surface area contributed by atoms with E-state index in [0.29, 0.717) is 5.56 Å². The second kappa shape index (κ2) is 6.48. The van der Waals surface area contributed by atoms with Crippen LogP contribution < -0.4 is 5.43 Å². The Bertz CT molecular complexity index is 665. The molecule has 1 amide bonds. The van der Waals surface area contributed by atoms with E-state index in [1.165, 1.54) is 5.56 Å². The number of aryl methyl sites for hydroxylation is 2. The Morgan fingerprint density at radius 2 is 2.00 bits per heavy atom. The van der Waals surface area contributed by atoms with Crippen LogP contribution in [0.4, 0.5) is 0 Å². The maximum Gasteiger partial charge on any atom is 0.271 e. The van der Waals surface area contributed by atoms with Gasteiger partial charge >= 0.3 is 0 Å². The first-order chi connectivity index (χ1) is 9.56. The van der Waals surface area contributed by atoms with Crippen molar-refractivity contribution < 1.29 is 4.79 Å². The minimum atomic E-state index is -0.229. The summed E-state index contributed by atoms with van der Waals surface area (Å²) in [4.78, 5) is 11.9. The quantitative estimate of drug-likeness (QED) is 0.674. The predicted octanol–water partition coefficient (Wildman–Crippen LogP) is 3.83. The SMILES string of the molecule is Cc1ccc(C=NNC(=O)c2cccc(Br)c2)c(C)c1. The number of hydrazone groups is 1. The van der Waals surface area contributed by atoms with Crippen molar-refractivity contribution in [2.75, 3.05) is 0 Å². The Morgan fingerprint density at radius 1 is 1.20 bits per heavy atom. The first-order valence-electron chi connectivity index (χ1n) is 6.22. The van der Waals surface area contributed by atoms with Gasteiger partial charge in [0.15, 0.2) is 0 Å². The lowest BCUT2D eigenvalue weighted by Gasteiger charge is -2.02. The van der Waals surface area contributed by atoms with Crippen molar-refractivity contribution in [2.45, 2.75) is 13.8 Å². The summed E-state index contributed by atoms with van der Waals surface area (Å²) in [6, 6.07) is 13.3. The molecule has 0 aliphatic heterocycles. The Kier molecular flexibility index (Phi) is 4.69. The second-order valence-electron chi connectivity index (χ2n) is 4.57. The highest BCUT2D eigenvalue weighted by Crippen LogP contribution is 2.11. The van der Waals surface area contributed by atoms with Gasteiger partial charge < -0.3 is 0 Å². The third-order valence-electron chi connectivity index (χ3n) is 2.88. The van der Waals surface area contributed by atoms with Crippen molar-refractivity contribution in [2.24, 2.45) is 5.10 Å². The summed E-state index contributed by atoms with van der Waals surface area (Å²) < 4.78 is 0.864. The van der Waals surface area contributed by atoms with E-state index in [2.05, 4.69) is 32.5 Å². The van der Waals surface area contributed by atoms with Crippen LogP contribution in [0.5, 0.6) is 0 Å². The molecule has 0 heterocycles. The lowest BCUT2D eigenvalue weighted by molar-refractivity contribution is 0.0955. The molecule has 4 heteroatoms. The number of benzene rings is 2. The van der Waals surface area contributed by atoms with Gasteiger partial charge in [-0.2, -0.15) is 5.10 Å². The number of amides is 1. The molecular formula is C16H15BrN2O. The molecule has 0 radical (unpaired) electrons. The largest absolute Gasteiger partial charge is 0.271 e. The fourth-order valence-electron chi connectivity index (χ4n) is 1.83. The van der Waals surface area contributed by atoms with Crippen molar-refractivity contribution in [3.05, 3.63) is 69.2 Å². The molecule has 20 heavy (non-hydrogen) atoms. The molecule has 3 nitrogen and oxygen atoms in total. The zero-order valence-electron chi connectivity index (χ0n) is 11.4. The summed E-state index contributed by atoms with van der Waals surface area (Å²) in [7, 11) is 0. The van der Waals surface area contributed by atoms with Gasteiger partial charge in [-0.15, -0.1) is 0 Å². The monoisotopic (exact) mass is 330 g/mol. The Hall–Kier alpha value is -1.94. The Labute approximate surface area is 126 Å². The van der Waals surface area contributed by atoms with E-state index in [1.807, 2.05) is 38.1 Å². The van der Waals surface area contributed by atoms with Crippen molar-refractivity contribution in [1.82, 2.24) is 5.43 Å². The molecule has 102 valence electrons. The van der Waals surface area contributed by atoms with Crippen LogP contribution in [0.25, 0.3) is 0 Å². The number of carbonyl (C=O) groups excluding carboxylic acids is 1. The summed E-state index contributed by atoms with van der Waals surface area (Å²) in [6.07, 6.45) is 1.66. The summed E-state index contributed by atoms with van der Waals surface area (Å²) in [5.41, 5.74) is 6.42. The molecule has 0 aliphatic rings. The van der Waals surface area contributed by atoms with Gasteiger partial charge in [0.25, 0.3) is 5.91 Å². The molecule has 0 spiro atoms. The van der Waals surface area contributed by atoms with Crippen LogP contribution in [0.2, 0.25) is 0 Å². The van der Waals surface area contributed by atoms with E-state index in [0.717, 1.165) is 15.6 Å². The molecule has 2 aromatic rings. The van der Waals surface area contributed by atoms with E-state index in [1.54, 1.807) is 18.3 Å². The molecule has 0 unspecified atom stereocenters. The summed E-state index contributed by atoms with van der Waals surface area (Å²) in [5.74, 6) is -0.229. The fraction of sp³-hybridized carbons (Fsp3) is 0.125. The normalized spacial score (nSPS) is 10.8. The standard InChI is InChI=1S/C16H15BrN2O/c1-11-6-7-14(12(2)8-11)10-18-19-16(20)13-4-3-5-15(17)9-13/h3-10H,1-2H3,(H,19,20). The van der Waals surface area contributed by atoms with Crippen LogP contribution in [0, 0.1) is 13.8 Å². The van der Waals surface area contributed by atoms with Gasteiger partial charge in [0.2, 0.25) is 0 Å². The zero-order chi connectivity index (χ0) is 14.5. The first kappa shape index (κ1) is 14.5. The minimum Gasteiger partial charge on any atom is -0.267 e. The molecule has 0 saturated carbocycles. The van der Waals surface area contributed by atoms with Crippen LogP contribution in [-0.4, -0.2) is 12.1 Å². The lowest BCUT2D eigenvalue weighted by Crippen LogP contribution is -2.17. The van der Waals surface area contributed by atoms with Crippen LogP contribution in [0.1, 0.15) is 27.0 Å². The van der Waals surface area contributed by atoms with E-state index in [4.69, 9.17) is 0 Å². The predicted molar refractivity (Wildman–Crippen MR) is 85.1 cm³/mol. The number of halogens is 1. The van der Waals surface area contributed by atoms with Crippen LogP contribution in [0.3, 0.4) is 0 Å². The molecule has 0 fully saturated rings. The van der Waals surface area contributed by atoms with E-state index < -0.39 is 0 Å². The number of nitrogens with one attached hydrogen (secondary N) is 1. The molecule has 0 saturated heterocycles. The van der Waals surface area contributed by atoms with Crippen LogP contribution in [0.15, 0.2) is 52.0 Å². The average Bonchev–Trinajstić information content (AvgIpc) is 2.41. The van der Waals surface area contributed by atoms with Gasteiger partial charge in [-0.1, -0.05) is 45.8 Å². The first-order valence-corrected chi connectivity index (χ1v) is 7.02.